The van der Waals surface area contributed by atoms with Gasteiger partial charge in [0.25, 0.3) is 0 Å². The summed E-state index contributed by atoms with van der Waals surface area (Å²) in [6.07, 6.45) is 11.7. The summed E-state index contributed by atoms with van der Waals surface area (Å²) in [5.41, 5.74) is -0.905. The molecule has 0 heterocycles. The molecule has 0 radical (unpaired) electrons. The van der Waals surface area contributed by atoms with Crippen molar-refractivity contribution in [1.29, 1.82) is 0 Å². The van der Waals surface area contributed by atoms with Gasteiger partial charge in [0.05, 0.1) is 11.2 Å². The highest BCUT2D eigenvalue weighted by atomic mass is 31.2. The van der Waals surface area contributed by atoms with Gasteiger partial charge in [-0.25, -0.2) is 4.57 Å². The van der Waals surface area contributed by atoms with E-state index < -0.39 is 19.0 Å². The summed E-state index contributed by atoms with van der Waals surface area (Å²) >= 11 is 0. The van der Waals surface area contributed by atoms with Crippen LogP contribution in [0.3, 0.4) is 0 Å². The van der Waals surface area contributed by atoms with Crippen LogP contribution in [0.25, 0.3) is 0 Å². The second-order valence-corrected chi connectivity index (χ2v) is 8.15. The van der Waals surface area contributed by atoms with Crippen LogP contribution in [0.15, 0.2) is 0 Å². The summed E-state index contributed by atoms with van der Waals surface area (Å²) < 4.78 is 24.1. The molecule has 0 aliphatic heterocycles. The molecule has 0 aromatic rings. The van der Waals surface area contributed by atoms with E-state index in [0.29, 0.717) is 0 Å². The molecule has 2 fully saturated rings. The summed E-state index contributed by atoms with van der Waals surface area (Å²) in [5.74, 6) is 0. The molecule has 0 aromatic heterocycles. The first-order valence-electron chi connectivity index (χ1n) is 8.69. The SMILES string of the molecule is CCC1(OP(=O)(O)OC2(CC)CCCCC2)CCCCC1. The van der Waals surface area contributed by atoms with Gasteiger partial charge in [0.1, 0.15) is 0 Å². The highest BCUT2D eigenvalue weighted by molar-refractivity contribution is 7.47. The van der Waals surface area contributed by atoms with E-state index in [1.54, 1.807) is 0 Å². The van der Waals surface area contributed by atoms with Crippen LogP contribution in [0.4, 0.5) is 0 Å². The zero-order chi connectivity index (χ0) is 15.4. The smallest absolute Gasteiger partial charge is 0.302 e. The fourth-order valence-electron chi connectivity index (χ4n) is 3.92. The van der Waals surface area contributed by atoms with Crippen molar-refractivity contribution in [2.45, 2.75) is 102 Å². The molecule has 2 rings (SSSR count). The molecule has 5 heteroatoms. The zero-order valence-corrected chi connectivity index (χ0v) is 14.5. The molecule has 124 valence electrons. The second-order valence-electron chi connectivity index (χ2n) is 6.85. The first-order valence-corrected chi connectivity index (χ1v) is 10.2. The minimum atomic E-state index is -3.99. The van der Waals surface area contributed by atoms with Gasteiger partial charge in [0, 0.05) is 0 Å². The van der Waals surface area contributed by atoms with E-state index in [0.717, 1.165) is 64.2 Å². The molecule has 2 aliphatic carbocycles. The number of phosphoric acid groups is 1. The predicted octanol–water partition coefficient (Wildman–Crippen LogP) is 5.35. The molecule has 0 atom stereocenters. The Morgan fingerprint density at radius 2 is 1.14 bits per heavy atom. The highest BCUT2D eigenvalue weighted by Crippen LogP contribution is 2.56. The number of phosphoric ester groups is 1. The van der Waals surface area contributed by atoms with E-state index in [-0.39, 0.29) is 0 Å². The average Bonchev–Trinajstić information content (AvgIpc) is 2.48. The Hall–Kier alpha value is 0.110. The van der Waals surface area contributed by atoms with Crippen molar-refractivity contribution < 1.29 is 18.5 Å². The lowest BCUT2D eigenvalue weighted by molar-refractivity contribution is -0.0544. The van der Waals surface area contributed by atoms with Gasteiger partial charge in [-0.15, -0.1) is 0 Å². The lowest BCUT2D eigenvalue weighted by Gasteiger charge is -2.41. The quantitative estimate of drug-likeness (QED) is 0.671. The van der Waals surface area contributed by atoms with Crippen LogP contribution in [-0.2, 0) is 13.6 Å². The van der Waals surface area contributed by atoms with Crippen LogP contribution in [0.1, 0.15) is 90.9 Å². The van der Waals surface area contributed by atoms with Crippen LogP contribution in [0.2, 0.25) is 0 Å². The average molecular weight is 318 g/mol. The molecule has 0 spiro atoms. The molecule has 1 N–H and O–H groups in total. The minimum absolute atomic E-state index is 0.452. The molecule has 2 saturated carbocycles. The molecule has 0 amide bonds. The topological polar surface area (TPSA) is 55.8 Å². The van der Waals surface area contributed by atoms with Crippen LogP contribution in [-0.4, -0.2) is 16.1 Å². The van der Waals surface area contributed by atoms with Gasteiger partial charge >= 0.3 is 7.82 Å². The van der Waals surface area contributed by atoms with E-state index in [2.05, 4.69) is 0 Å². The first kappa shape index (κ1) is 17.5. The van der Waals surface area contributed by atoms with Gasteiger partial charge < -0.3 is 4.89 Å². The maximum atomic E-state index is 12.6. The van der Waals surface area contributed by atoms with Gasteiger partial charge in [-0.1, -0.05) is 52.4 Å². The lowest BCUT2D eigenvalue weighted by Crippen LogP contribution is -2.37. The molecule has 21 heavy (non-hydrogen) atoms. The fourth-order valence-corrected chi connectivity index (χ4v) is 5.56. The second kappa shape index (κ2) is 7.12. The predicted molar refractivity (Wildman–Crippen MR) is 84.2 cm³/mol. The summed E-state index contributed by atoms with van der Waals surface area (Å²) in [4.78, 5) is 10.3. The van der Waals surface area contributed by atoms with Crippen LogP contribution in [0, 0.1) is 0 Å². The lowest BCUT2D eigenvalue weighted by atomic mass is 9.83. The Labute approximate surface area is 129 Å². The molecule has 0 aromatic carbocycles. The monoisotopic (exact) mass is 318 g/mol. The normalized spacial score (nSPS) is 25.7. The van der Waals surface area contributed by atoms with E-state index in [9.17, 15) is 9.46 Å². The van der Waals surface area contributed by atoms with Gasteiger partial charge in [-0.05, 0) is 38.5 Å². The minimum Gasteiger partial charge on any atom is -0.302 e. The van der Waals surface area contributed by atoms with Crippen molar-refractivity contribution in [3.05, 3.63) is 0 Å². The molecule has 0 saturated heterocycles. The number of hydrogen-bond acceptors (Lipinski definition) is 3. The molecule has 2 aliphatic rings. The molecule has 4 nitrogen and oxygen atoms in total. The van der Waals surface area contributed by atoms with E-state index in [4.69, 9.17) is 9.05 Å². The van der Waals surface area contributed by atoms with Crippen molar-refractivity contribution in [2.75, 3.05) is 0 Å². The summed E-state index contributed by atoms with van der Waals surface area (Å²) in [7, 11) is -3.99. The van der Waals surface area contributed by atoms with Crippen molar-refractivity contribution in [1.82, 2.24) is 0 Å². The third kappa shape index (κ3) is 4.54. The third-order valence-corrected chi connectivity index (χ3v) is 6.67. The third-order valence-electron chi connectivity index (χ3n) is 5.44. The fraction of sp³-hybridized carbons (Fsp3) is 1.00. The van der Waals surface area contributed by atoms with Gasteiger partial charge in [0.15, 0.2) is 0 Å². The summed E-state index contributed by atoms with van der Waals surface area (Å²) in [6, 6.07) is 0. The van der Waals surface area contributed by atoms with Crippen LogP contribution >= 0.6 is 7.82 Å². The Kier molecular flexibility index (Phi) is 5.92. The zero-order valence-electron chi connectivity index (χ0n) is 13.6. The van der Waals surface area contributed by atoms with E-state index in [1.807, 2.05) is 13.8 Å². The van der Waals surface area contributed by atoms with Gasteiger partial charge in [-0.3, -0.25) is 9.05 Å². The maximum Gasteiger partial charge on any atom is 0.473 e. The van der Waals surface area contributed by atoms with Crippen molar-refractivity contribution in [2.24, 2.45) is 0 Å². The Morgan fingerprint density at radius 3 is 1.43 bits per heavy atom. The molecule has 0 bridgehead atoms. The Balaban J connectivity index is 2.04. The van der Waals surface area contributed by atoms with Crippen LogP contribution in [0.5, 0.6) is 0 Å². The Morgan fingerprint density at radius 1 is 0.810 bits per heavy atom. The first-order chi connectivity index (χ1) is 9.95. The van der Waals surface area contributed by atoms with Gasteiger partial charge in [0.2, 0.25) is 0 Å². The maximum absolute atomic E-state index is 12.6. The van der Waals surface area contributed by atoms with E-state index in [1.165, 1.54) is 12.8 Å². The molecule has 0 unspecified atom stereocenters. The van der Waals surface area contributed by atoms with Gasteiger partial charge in [-0.2, -0.15) is 0 Å². The summed E-state index contributed by atoms with van der Waals surface area (Å²) in [5, 5.41) is 0. The standard InChI is InChI=1S/C16H31O4P/c1-3-15(11-7-5-8-12-15)19-21(17,18)20-16(4-2)13-9-6-10-14-16/h3-14H2,1-2H3,(H,17,18). The largest absolute Gasteiger partial charge is 0.473 e. The molecular weight excluding hydrogens is 287 g/mol. The number of rotatable bonds is 6. The molecular formula is C16H31O4P. The van der Waals surface area contributed by atoms with E-state index >= 15 is 0 Å². The van der Waals surface area contributed by atoms with Crippen molar-refractivity contribution in [3.8, 4) is 0 Å². The van der Waals surface area contributed by atoms with Crippen molar-refractivity contribution >= 4 is 7.82 Å². The number of hydrogen-bond donors (Lipinski definition) is 1. The van der Waals surface area contributed by atoms with Crippen molar-refractivity contribution in [3.63, 3.8) is 0 Å². The highest BCUT2D eigenvalue weighted by Gasteiger charge is 2.44. The Bertz CT molecular complexity index is 338. The summed E-state index contributed by atoms with van der Waals surface area (Å²) in [6.45, 7) is 4.09. The van der Waals surface area contributed by atoms with Crippen LogP contribution < -0.4 is 0 Å².